The maximum absolute atomic E-state index is 13.7. The molecule has 0 aromatic heterocycles. The molecule has 212 valence electrons. The van der Waals surface area contributed by atoms with E-state index in [1.165, 1.54) is 4.90 Å². The van der Waals surface area contributed by atoms with E-state index in [-0.39, 0.29) is 30.8 Å². The Morgan fingerprint density at radius 3 is 2.51 bits per heavy atom. The topological polar surface area (TPSA) is 76.2 Å². The number of ether oxygens (including phenoxy) is 2. The molecule has 1 heterocycles. The quantitative estimate of drug-likeness (QED) is 0.425. The molecule has 2 amide bonds. The Balaban J connectivity index is 1.58. The summed E-state index contributed by atoms with van der Waals surface area (Å²) >= 11 is 0. The Labute approximate surface area is 226 Å². The number of carbonyl (C=O) groups is 3. The van der Waals surface area contributed by atoms with Crippen LogP contribution < -0.4 is 4.90 Å². The van der Waals surface area contributed by atoms with Crippen molar-refractivity contribution in [3.63, 3.8) is 0 Å². The largest absolute Gasteiger partial charge is 0.471 e. The monoisotopic (exact) mass is 548 g/mol. The highest BCUT2D eigenvalue weighted by atomic mass is 19.4. The third-order valence-electron chi connectivity index (χ3n) is 7.07. The highest BCUT2D eigenvalue weighted by Crippen LogP contribution is 2.46. The standard InChI is InChI=1S/C29H35F3N2O5/c1-5-38-25(35)23-16-22(23)18-11-13-21(14-12-18)34(26(36)29(30,31)32)17-20-9-6-8-19-10-7-15-33(24(19)20)27(37)39-28(2,3)4/h6,8-9,11-13,21-23H,5,7,10,14-17H2,1-4H3. The van der Waals surface area contributed by atoms with Crippen LogP contribution in [0, 0.1) is 11.8 Å². The first-order valence-corrected chi connectivity index (χ1v) is 13.3. The van der Waals surface area contributed by atoms with Gasteiger partial charge in [-0.25, -0.2) is 4.79 Å². The van der Waals surface area contributed by atoms with Crippen molar-refractivity contribution in [2.75, 3.05) is 18.1 Å². The number of fused-ring (bicyclic) bond motifs is 1. The lowest BCUT2D eigenvalue weighted by Gasteiger charge is -2.36. The molecule has 3 unspecified atom stereocenters. The van der Waals surface area contributed by atoms with Gasteiger partial charge in [0.15, 0.2) is 0 Å². The highest BCUT2D eigenvalue weighted by Gasteiger charge is 2.47. The molecule has 0 saturated heterocycles. The van der Waals surface area contributed by atoms with E-state index < -0.39 is 29.8 Å². The van der Waals surface area contributed by atoms with Crippen molar-refractivity contribution in [3.05, 3.63) is 53.1 Å². The predicted octanol–water partition coefficient (Wildman–Crippen LogP) is 5.72. The van der Waals surface area contributed by atoms with E-state index in [4.69, 9.17) is 9.47 Å². The van der Waals surface area contributed by atoms with Crippen molar-refractivity contribution in [1.29, 1.82) is 0 Å². The second-order valence-electron chi connectivity index (χ2n) is 11.2. The molecule has 1 saturated carbocycles. The van der Waals surface area contributed by atoms with Crippen LogP contribution in [0.5, 0.6) is 0 Å². The molecular formula is C29H35F3N2O5. The van der Waals surface area contributed by atoms with Crippen molar-refractivity contribution in [3.8, 4) is 0 Å². The van der Waals surface area contributed by atoms with E-state index in [1.54, 1.807) is 58.1 Å². The van der Waals surface area contributed by atoms with Gasteiger partial charge in [0.1, 0.15) is 5.60 Å². The minimum absolute atomic E-state index is 0.0171. The zero-order valence-electron chi connectivity index (χ0n) is 22.7. The molecule has 10 heteroatoms. The predicted molar refractivity (Wildman–Crippen MR) is 139 cm³/mol. The minimum atomic E-state index is -5.07. The number of benzene rings is 1. The van der Waals surface area contributed by atoms with E-state index in [9.17, 15) is 27.6 Å². The van der Waals surface area contributed by atoms with Crippen LogP contribution in [0.4, 0.5) is 23.7 Å². The fourth-order valence-electron chi connectivity index (χ4n) is 5.25. The Hall–Kier alpha value is -3.30. The fraction of sp³-hybridized carbons (Fsp3) is 0.552. The number of anilines is 1. The van der Waals surface area contributed by atoms with Gasteiger partial charge >= 0.3 is 24.1 Å². The number of allylic oxidation sites excluding steroid dienone is 2. The normalized spacial score (nSPS) is 22.5. The van der Waals surface area contributed by atoms with Crippen molar-refractivity contribution < 1.29 is 37.0 Å². The van der Waals surface area contributed by atoms with E-state index in [2.05, 4.69) is 0 Å². The lowest BCUT2D eigenvalue weighted by molar-refractivity contribution is -0.187. The fourth-order valence-corrected chi connectivity index (χ4v) is 5.25. The van der Waals surface area contributed by atoms with Crippen LogP contribution >= 0.6 is 0 Å². The van der Waals surface area contributed by atoms with Crippen molar-refractivity contribution in [2.24, 2.45) is 11.8 Å². The summed E-state index contributed by atoms with van der Waals surface area (Å²) in [5.74, 6) is -2.46. The second kappa shape index (κ2) is 11.1. The molecular weight excluding hydrogens is 513 g/mol. The molecule has 7 nitrogen and oxygen atoms in total. The molecule has 3 aliphatic rings. The summed E-state index contributed by atoms with van der Waals surface area (Å²) in [7, 11) is 0. The number of alkyl halides is 3. The Kier molecular flexibility index (Phi) is 8.14. The van der Waals surface area contributed by atoms with Crippen LogP contribution in [0.25, 0.3) is 0 Å². The first kappa shape index (κ1) is 28.7. The highest BCUT2D eigenvalue weighted by molar-refractivity contribution is 5.91. The van der Waals surface area contributed by atoms with Crippen molar-refractivity contribution in [1.82, 2.24) is 4.90 Å². The summed E-state index contributed by atoms with van der Waals surface area (Å²) in [4.78, 5) is 40.0. The lowest BCUT2D eigenvalue weighted by atomic mass is 9.95. The van der Waals surface area contributed by atoms with Crippen molar-refractivity contribution >= 4 is 23.7 Å². The SMILES string of the molecule is CCOC(=O)C1CC1C1=CCC(N(Cc2cccc3c2N(C(=O)OC(C)(C)C)CCC3)C(=O)C(F)(F)F)C=C1. The van der Waals surface area contributed by atoms with Crippen LogP contribution in [0.1, 0.15) is 58.1 Å². The second-order valence-corrected chi connectivity index (χ2v) is 11.2. The van der Waals surface area contributed by atoms with Gasteiger partial charge in [-0.3, -0.25) is 14.5 Å². The molecule has 0 spiro atoms. The molecule has 1 aromatic rings. The number of carbonyl (C=O) groups excluding carboxylic acids is 3. The van der Waals surface area contributed by atoms with Gasteiger partial charge in [0.05, 0.1) is 24.3 Å². The molecule has 1 aliphatic heterocycles. The Bertz CT molecular complexity index is 1180. The zero-order chi connectivity index (χ0) is 28.5. The van der Waals surface area contributed by atoms with E-state index in [1.807, 2.05) is 6.07 Å². The zero-order valence-corrected chi connectivity index (χ0v) is 22.7. The van der Waals surface area contributed by atoms with Crippen LogP contribution in [0.15, 0.2) is 42.0 Å². The molecule has 4 rings (SSSR count). The van der Waals surface area contributed by atoms with Crippen molar-refractivity contribution in [2.45, 2.75) is 77.7 Å². The van der Waals surface area contributed by atoms with Gasteiger partial charge in [0.25, 0.3) is 0 Å². The van der Waals surface area contributed by atoms with Crippen LogP contribution in [0.3, 0.4) is 0 Å². The van der Waals surface area contributed by atoms with Gasteiger partial charge < -0.3 is 14.4 Å². The molecule has 3 atom stereocenters. The molecule has 2 aliphatic carbocycles. The smallest absolute Gasteiger partial charge is 0.466 e. The number of hydrogen-bond acceptors (Lipinski definition) is 5. The summed E-state index contributed by atoms with van der Waals surface area (Å²) in [5.41, 5.74) is 1.90. The number of hydrogen-bond donors (Lipinski definition) is 0. The summed E-state index contributed by atoms with van der Waals surface area (Å²) in [6.45, 7) is 7.32. The molecule has 0 bridgehead atoms. The van der Waals surface area contributed by atoms with Gasteiger partial charge in [-0.05, 0) is 76.0 Å². The number of halogens is 3. The third-order valence-corrected chi connectivity index (χ3v) is 7.07. The molecule has 1 fully saturated rings. The summed E-state index contributed by atoms with van der Waals surface area (Å²) in [6.07, 6.45) is 1.65. The van der Waals surface area contributed by atoms with Crippen LogP contribution in [0.2, 0.25) is 0 Å². The Morgan fingerprint density at radius 2 is 1.90 bits per heavy atom. The minimum Gasteiger partial charge on any atom is -0.466 e. The average Bonchev–Trinajstić information content (AvgIpc) is 3.66. The maximum Gasteiger partial charge on any atom is 0.471 e. The number of para-hydroxylation sites is 1. The van der Waals surface area contributed by atoms with E-state index in [0.717, 1.165) is 16.0 Å². The summed E-state index contributed by atoms with van der Waals surface area (Å²) in [5, 5.41) is 0. The maximum atomic E-state index is 13.7. The molecule has 0 radical (unpaired) electrons. The van der Waals surface area contributed by atoms with Gasteiger partial charge in [0.2, 0.25) is 0 Å². The number of esters is 1. The Morgan fingerprint density at radius 1 is 1.15 bits per heavy atom. The lowest BCUT2D eigenvalue weighted by Crippen LogP contribution is -2.47. The van der Waals surface area contributed by atoms with Gasteiger partial charge in [-0.1, -0.05) is 36.4 Å². The van der Waals surface area contributed by atoms with Gasteiger partial charge in [-0.15, -0.1) is 0 Å². The number of rotatable bonds is 6. The average molecular weight is 549 g/mol. The van der Waals surface area contributed by atoms with E-state index >= 15 is 0 Å². The van der Waals surface area contributed by atoms with Gasteiger partial charge in [-0.2, -0.15) is 13.2 Å². The summed E-state index contributed by atoms with van der Waals surface area (Å²) < 4.78 is 51.9. The number of aryl methyl sites for hydroxylation is 1. The van der Waals surface area contributed by atoms with E-state index in [0.29, 0.717) is 43.7 Å². The first-order chi connectivity index (χ1) is 18.3. The number of nitrogens with zero attached hydrogens (tertiary/aromatic N) is 2. The molecule has 0 N–H and O–H groups in total. The van der Waals surface area contributed by atoms with Crippen LogP contribution in [-0.2, 0) is 32.0 Å². The number of amides is 2. The third kappa shape index (κ3) is 6.65. The van der Waals surface area contributed by atoms with Crippen LogP contribution in [-0.4, -0.2) is 53.8 Å². The first-order valence-electron chi connectivity index (χ1n) is 13.3. The van der Waals surface area contributed by atoms with Gasteiger partial charge in [0, 0.05) is 13.1 Å². The molecule has 39 heavy (non-hydrogen) atoms. The summed E-state index contributed by atoms with van der Waals surface area (Å²) in [6, 6.07) is 4.40. The molecule has 1 aromatic carbocycles.